The molecule has 2 fully saturated rings. The zero-order valence-electron chi connectivity index (χ0n) is 17.8. The van der Waals surface area contributed by atoms with Crippen molar-refractivity contribution >= 4 is 34.7 Å². The van der Waals surface area contributed by atoms with Crippen LogP contribution in [0.25, 0.3) is 11.8 Å². The summed E-state index contributed by atoms with van der Waals surface area (Å²) in [6, 6.07) is 10.5. The standard InChI is InChI=1S/C23H27N3O3S/c1-15(2)25-22(27)21(30-23(25)28)14-18-13-16(3)26(17(18)4)20-7-5-19(6-8-20)24-9-11-29-12-10-24/h5-8,13-15H,9-12H2,1-4H3/b21-14-. The number of hydrogen-bond acceptors (Lipinski definition) is 5. The van der Waals surface area contributed by atoms with Crippen molar-refractivity contribution in [1.82, 2.24) is 9.47 Å². The van der Waals surface area contributed by atoms with Crippen LogP contribution in [0.15, 0.2) is 35.2 Å². The molecule has 0 saturated carbocycles. The summed E-state index contributed by atoms with van der Waals surface area (Å²) in [5.41, 5.74) is 5.37. The largest absolute Gasteiger partial charge is 0.378 e. The first kappa shape index (κ1) is 20.8. The second-order valence-electron chi connectivity index (χ2n) is 7.92. The van der Waals surface area contributed by atoms with Crippen LogP contribution in [0.1, 0.15) is 30.8 Å². The minimum Gasteiger partial charge on any atom is -0.378 e. The minimum atomic E-state index is -0.209. The highest BCUT2D eigenvalue weighted by Crippen LogP contribution is 2.35. The van der Waals surface area contributed by atoms with Gasteiger partial charge >= 0.3 is 0 Å². The minimum absolute atomic E-state index is 0.138. The molecular formula is C23H27N3O3S. The highest BCUT2D eigenvalue weighted by atomic mass is 32.2. The summed E-state index contributed by atoms with van der Waals surface area (Å²) in [7, 11) is 0. The van der Waals surface area contributed by atoms with Crippen molar-refractivity contribution in [3.8, 4) is 5.69 Å². The van der Waals surface area contributed by atoms with E-state index in [0.29, 0.717) is 4.91 Å². The number of rotatable bonds is 4. The van der Waals surface area contributed by atoms with Gasteiger partial charge in [-0.2, -0.15) is 0 Å². The van der Waals surface area contributed by atoms with Gasteiger partial charge in [0.15, 0.2) is 0 Å². The molecule has 2 aliphatic heterocycles. The van der Waals surface area contributed by atoms with Crippen molar-refractivity contribution in [2.45, 2.75) is 33.7 Å². The molecule has 6 nitrogen and oxygen atoms in total. The second-order valence-corrected chi connectivity index (χ2v) is 8.92. The Bertz CT molecular complexity index is 1000. The third kappa shape index (κ3) is 3.79. The summed E-state index contributed by atoms with van der Waals surface area (Å²) >= 11 is 1.02. The van der Waals surface area contributed by atoms with Gasteiger partial charge < -0.3 is 14.2 Å². The fourth-order valence-corrected chi connectivity index (χ4v) is 4.98. The number of carbonyl (C=O) groups is 2. The highest BCUT2D eigenvalue weighted by molar-refractivity contribution is 8.18. The number of nitrogens with zero attached hydrogens (tertiary/aromatic N) is 3. The van der Waals surface area contributed by atoms with Crippen molar-refractivity contribution in [3.63, 3.8) is 0 Å². The van der Waals surface area contributed by atoms with Crippen LogP contribution in [-0.4, -0.2) is 53.0 Å². The molecule has 4 rings (SSSR count). The van der Waals surface area contributed by atoms with Crippen LogP contribution in [0.4, 0.5) is 10.5 Å². The van der Waals surface area contributed by atoms with E-state index in [2.05, 4.69) is 46.7 Å². The number of morpholine rings is 1. The van der Waals surface area contributed by atoms with Crippen LogP contribution >= 0.6 is 11.8 Å². The number of benzene rings is 1. The van der Waals surface area contributed by atoms with Gasteiger partial charge in [0.1, 0.15) is 0 Å². The Kier molecular flexibility index (Phi) is 5.75. The van der Waals surface area contributed by atoms with Gasteiger partial charge in [0.05, 0.1) is 18.1 Å². The molecule has 30 heavy (non-hydrogen) atoms. The van der Waals surface area contributed by atoms with Gasteiger partial charge in [0.2, 0.25) is 0 Å². The average Bonchev–Trinajstić information content (AvgIpc) is 3.17. The average molecular weight is 426 g/mol. The molecule has 2 aliphatic rings. The van der Waals surface area contributed by atoms with Crippen LogP contribution in [0.2, 0.25) is 0 Å². The van der Waals surface area contributed by atoms with E-state index < -0.39 is 0 Å². The molecule has 0 atom stereocenters. The van der Waals surface area contributed by atoms with Crippen molar-refractivity contribution in [2.75, 3.05) is 31.2 Å². The number of aryl methyl sites for hydroxylation is 1. The number of ether oxygens (including phenoxy) is 1. The molecule has 0 radical (unpaired) electrons. The van der Waals surface area contributed by atoms with Gasteiger partial charge in [0, 0.05) is 41.9 Å². The molecular weight excluding hydrogens is 398 g/mol. The molecule has 2 aromatic rings. The summed E-state index contributed by atoms with van der Waals surface area (Å²) in [5, 5.41) is -0.200. The zero-order valence-corrected chi connectivity index (χ0v) is 18.7. The summed E-state index contributed by atoms with van der Waals surface area (Å²) in [6.45, 7) is 11.2. The number of carbonyl (C=O) groups excluding carboxylic acids is 2. The lowest BCUT2D eigenvalue weighted by atomic mass is 10.2. The van der Waals surface area contributed by atoms with Crippen molar-refractivity contribution in [1.29, 1.82) is 0 Å². The van der Waals surface area contributed by atoms with E-state index in [1.165, 1.54) is 10.6 Å². The second kappa shape index (κ2) is 8.32. The molecule has 2 saturated heterocycles. The predicted octanol–water partition coefficient (Wildman–Crippen LogP) is 4.38. The number of amides is 2. The molecule has 0 N–H and O–H groups in total. The Morgan fingerprint density at radius 3 is 2.27 bits per heavy atom. The lowest BCUT2D eigenvalue weighted by molar-refractivity contribution is -0.123. The molecule has 158 valence electrons. The molecule has 0 bridgehead atoms. The first-order valence-corrected chi connectivity index (χ1v) is 11.1. The smallest absolute Gasteiger partial charge is 0.293 e. The topological polar surface area (TPSA) is 54.8 Å². The molecule has 7 heteroatoms. The molecule has 0 unspecified atom stereocenters. The number of anilines is 1. The fraction of sp³-hybridized carbons (Fsp3) is 0.391. The monoisotopic (exact) mass is 425 g/mol. The maximum absolute atomic E-state index is 12.6. The molecule has 0 spiro atoms. The van der Waals surface area contributed by atoms with Gasteiger partial charge in [-0.25, -0.2) is 0 Å². The molecule has 1 aromatic heterocycles. The predicted molar refractivity (Wildman–Crippen MR) is 121 cm³/mol. The molecule has 1 aromatic carbocycles. The van der Waals surface area contributed by atoms with Crippen molar-refractivity contribution < 1.29 is 14.3 Å². The Morgan fingerprint density at radius 1 is 1.03 bits per heavy atom. The summed E-state index contributed by atoms with van der Waals surface area (Å²) < 4.78 is 7.62. The first-order valence-electron chi connectivity index (χ1n) is 10.3. The maximum Gasteiger partial charge on any atom is 0.293 e. The zero-order chi connectivity index (χ0) is 21.4. The third-order valence-corrected chi connectivity index (χ3v) is 6.46. The van der Waals surface area contributed by atoms with Crippen LogP contribution in [0.3, 0.4) is 0 Å². The number of aromatic nitrogens is 1. The van der Waals surface area contributed by atoms with Crippen LogP contribution in [-0.2, 0) is 9.53 Å². The van der Waals surface area contributed by atoms with Crippen LogP contribution in [0.5, 0.6) is 0 Å². The molecule has 3 heterocycles. The lowest BCUT2D eigenvalue weighted by Gasteiger charge is -2.29. The lowest BCUT2D eigenvalue weighted by Crippen LogP contribution is -2.36. The Balaban J connectivity index is 1.61. The van der Waals surface area contributed by atoms with Gasteiger partial charge in [-0.15, -0.1) is 0 Å². The maximum atomic E-state index is 12.6. The van der Waals surface area contributed by atoms with E-state index in [4.69, 9.17) is 4.74 Å². The van der Waals surface area contributed by atoms with Gasteiger partial charge in [-0.3, -0.25) is 14.5 Å². The normalized spacial score (nSPS) is 18.9. The van der Waals surface area contributed by atoms with Crippen molar-refractivity contribution in [3.05, 3.63) is 52.2 Å². The van der Waals surface area contributed by atoms with E-state index >= 15 is 0 Å². The number of thioether (sulfide) groups is 1. The van der Waals surface area contributed by atoms with E-state index in [-0.39, 0.29) is 17.2 Å². The van der Waals surface area contributed by atoms with Gasteiger partial charge in [0.25, 0.3) is 11.1 Å². The fourth-order valence-electron chi connectivity index (χ4n) is 4.03. The number of hydrogen-bond donors (Lipinski definition) is 0. The van der Waals surface area contributed by atoms with E-state index in [0.717, 1.165) is 60.7 Å². The van der Waals surface area contributed by atoms with Crippen molar-refractivity contribution in [2.24, 2.45) is 0 Å². The van der Waals surface area contributed by atoms with Crippen LogP contribution in [0, 0.1) is 13.8 Å². The highest BCUT2D eigenvalue weighted by Gasteiger charge is 2.36. The SMILES string of the molecule is Cc1cc(/C=C2\SC(=O)N(C(C)C)C2=O)c(C)n1-c1ccc(N2CCOCC2)cc1. The van der Waals surface area contributed by atoms with Gasteiger partial charge in [-0.05, 0) is 81.4 Å². The molecule has 2 amide bonds. The Hall–Kier alpha value is -2.51. The van der Waals surface area contributed by atoms with E-state index in [1.54, 1.807) is 0 Å². The summed E-state index contributed by atoms with van der Waals surface area (Å²) in [5.74, 6) is -0.209. The molecule has 0 aliphatic carbocycles. The third-order valence-electron chi connectivity index (χ3n) is 5.58. The summed E-state index contributed by atoms with van der Waals surface area (Å²) in [6.07, 6.45) is 1.84. The Morgan fingerprint density at radius 2 is 1.67 bits per heavy atom. The first-order chi connectivity index (χ1) is 14.4. The van der Waals surface area contributed by atoms with Crippen LogP contribution < -0.4 is 4.90 Å². The van der Waals surface area contributed by atoms with E-state index in [1.807, 2.05) is 26.8 Å². The quantitative estimate of drug-likeness (QED) is 0.681. The van der Waals surface area contributed by atoms with E-state index in [9.17, 15) is 9.59 Å². The number of imide groups is 1. The van der Waals surface area contributed by atoms with Gasteiger partial charge in [-0.1, -0.05) is 0 Å². The Labute approximate surface area is 181 Å². The summed E-state index contributed by atoms with van der Waals surface area (Å²) in [4.78, 5) is 28.9.